The average molecular weight is 306 g/mol. The molecular formula is C14H18N4O2S. The molecular weight excluding hydrogens is 288 g/mol. The summed E-state index contributed by atoms with van der Waals surface area (Å²) in [5, 5.41) is 14.1. The van der Waals surface area contributed by atoms with Crippen LogP contribution < -0.4 is 0 Å². The van der Waals surface area contributed by atoms with Gasteiger partial charge in [0.15, 0.2) is 5.82 Å². The van der Waals surface area contributed by atoms with Crippen molar-refractivity contribution in [3.63, 3.8) is 0 Å². The van der Waals surface area contributed by atoms with Crippen LogP contribution in [0.2, 0.25) is 0 Å². The normalized spacial score (nSPS) is 21.0. The van der Waals surface area contributed by atoms with Crippen LogP contribution in [-0.4, -0.2) is 32.4 Å². The van der Waals surface area contributed by atoms with E-state index in [4.69, 9.17) is 4.74 Å². The maximum atomic E-state index is 12.2. The molecule has 2 aromatic heterocycles. The van der Waals surface area contributed by atoms with E-state index in [9.17, 15) is 4.79 Å². The Morgan fingerprint density at radius 2 is 2.14 bits per heavy atom. The molecule has 0 atom stereocenters. The third kappa shape index (κ3) is 1.97. The Hall–Kier alpha value is -1.50. The van der Waals surface area contributed by atoms with Crippen LogP contribution in [0.4, 0.5) is 0 Å². The highest BCUT2D eigenvalue weighted by Gasteiger charge is 2.56. The minimum Gasteiger partial charge on any atom is -0.465 e. The van der Waals surface area contributed by atoms with Gasteiger partial charge in [0.05, 0.1) is 6.61 Å². The van der Waals surface area contributed by atoms with Gasteiger partial charge in [-0.15, -0.1) is 10.2 Å². The lowest BCUT2D eigenvalue weighted by Gasteiger charge is -2.09. The summed E-state index contributed by atoms with van der Waals surface area (Å²) in [6.45, 7) is 2.25. The second-order valence-corrected chi connectivity index (χ2v) is 6.90. The van der Waals surface area contributed by atoms with E-state index in [-0.39, 0.29) is 5.97 Å². The van der Waals surface area contributed by atoms with Crippen LogP contribution in [-0.2, 0) is 14.9 Å². The molecule has 0 N–H and O–H groups in total. The summed E-state index contributed by atoms with van der Waals surface area (Å²) >= 11 is 1.48. The Labute approximate surface area is 126 Å². The molecule has 0 radical (unpaired) electrons. The zero-order valence-electron chi connectivity index (χ0n) is 12.0. The van der Waals surface area contributed by atoms with Gasteiger partial charge < -0.3 is 4.74 Å². The maximum Gasteiger partial charge on any atom is 0.319 e. The first-order chi connectivity index (χ1) is 10.2. The van der Waals surface area contributed by atoms with Gasteiger partial charge >= 0.3 is 5.97 Å². The molecule has 6 nitrogen and oxygen atoms in total. The van der Waals surface area contributed by atoms with Crippen LogP contribution in [0.15, 0.2) is 0 Å². The van der Waals surface area contributed by atoms with Gasteiger partial charge in [-0.25, -0.2) is 0 Å². The number of rotatable bonds is 4. The van der Waals surface area contributed by atoms with E-state index >= 15 is 0 Å². The molecule has 2 heterocycles. The van der Waals surface area contributed by atoms with Crippen molar-refractivity contribution in [3.8, 4) is 0 Å². The fraction of sp³-hybridized carbons (Fsp3) is 0.714. The van der Waals surface area contributed by atoms with Gasteiger partial charge in [0.2, 0.25) is 4.96 Å². The van der Waals surface area contributed by atoms with E-state index in [1.807, 2.05) is 11.4 Å². The lowest BCUT2D eigenvalue weighted by Crippen LogP contribution is -2.23. The van der Waals surface area contributed by atoms with Crippen molar-refractivity contribution in [1.82, 2.24) is 19.8 Å². The van der Waals surface area contributed by atoms with Gasteiger partial charge in [0.1, 0.15) is 10.4 Å². The van der Waals surface area contributed by atoms with E-state index in [2.05, 4.69) is 15.3 Å². The van der Waals surface area contributed by atoms with Crippen molar-refractivity contribution in [2.24, 2.45) is 0 Å². The molecule has 0 aliphatic heterocycles. The van der Waals surface area contributed by atoms with E-state index in [1.165, 1.54) is 24.2 Å². The molecule has 0 bridgehead atoms. The number of fused-ring (bicyclic) bond motifs is 1. The van der Waals surface area contributed by atoms with Crippen LogP contribution in [0.25, 0.3) is 4.96 Å². The molecule has 112 valence electrons. The molecule has 2 aromatic rings. The van der Waals surface area contributed by atoms with Crippen molar-refractivity contribution in [1.29, 1.82) is 0 Å². The SMILES string of the molecule is CCOC(=O)C1(c2nn3c(C4CCCC4)nnc3s2)CC1. The molecule has 0 spiro atoms. The fourth-order valence-electron chi connectivity index (χ4n) is 3.16. The summed E-state index contributed by atoms with van der Waals surface area (Å²) in [7, 11) is 0. The maximum absolute atomic E-state index is 12.2. The van der Waals surface area contributed by atoms with Crippen molar-refractivity contribution in [3.05, 3.63) is 10.8 Å². The number of hydrogen-bond acceptors (Lipinski definition) is 6. The minimum absolute atomic E-state index is 0.141. The molecule has 21 heavy (non-hydrogen) atoms. The predicted octanol–water partition coefficient (Wildman–Crippen LogP) is 2.44. The van der Waals surface area contributed by atoms with E-state index in [0.29, 0.717) is 12.5 Å². The Morgan fingerprint density at radius 3 is 2.81 bits per heavy atom. The van der Waals surface area contributed by atoms with Crippen molar-refractivity contribution >= 4 is 22.3 Å². The molecule has 7 heteroatoms. The molecule has 2 aliphatic carbocycles. The molecule has 4 rings (SSSR count). The number of carbonyl (C=O) groups excluding carboxylic acids is 1. The molecule has 0 saturated heterocycles. The summed E-state index contributed by atoms with van der Waals surface area (Å²) in [4.78, 5) is 13.0. The number of hydrogen-bond donors (Lipinski definition) is 0. The Kier molecular flexibility index (Phi) is 2.99. The lowest BCUT2D eigenvalue weighted by atomic mass is 10.1. The lowest BCUT2D eigenvalue weighted by molar-refractivity contribution is -0.146. The molecule has 0 aromatic carbocycles. The van der Waals surface area contributed by atoms with E-state index < -0.39 is 5.41 Å². The summed E-state index contributed by atoms with van der Waals surface area (Å²) < 4.78 is 7.07. The van der Waals surface area contributed by atoms with Crippen LogP contribution in [0, 0.1) is 0 Å². The number of carbonyl (C=O) groups is 1. The largest absolute Gasteiger partial charge is 0.465 e. The Balaban J connectivity index is 1.70. The van der Waals surface area contributed by atoms with Gasteiger partial charge in [-0.05, 0) is 32.6 Å². The molecule has 2 fully saturated rings. The first-order valence-corrected chi connectivity index (χ1v) is 8.46. The first-order valence-electron chi connectivity index (χ1n) is 7.64. The summed E-state index contributed by atoms with van der Waals surface area (Å²) in [5.74, 6) is 1.29. The van der Waals surface area contributed by atoms with Gasteiger partial charge in [-0.1, -0.05) is 24.2 Å². The van der Waals surface area contributed by atoms with Crippen molar-refractivity contribution < 1.29 is 9.53 Å². The van der Waals surface area contributed by atoms with Crippen LogP contribution in [0.3, 0.4) is 0 Å². The molecule has 0 unspecified atom stereocenters. The Morgan fingerprint density at radius 1 is 1.38 bits per heavy atom. The topological polar surface area (TPSA) is 69.4 Å². The molecule has 2 aliphatic rings. The van der Waals surface area contributed by atoms with Crippen LogP contribution in [0.1, 0.15) is 62.2 Å². The number of esters is 1. The Bertz CT molecular complexity index is 682. The van der Waals surface area contributed by atoms with Crippen molar-refractivity contribution in [2.75, 3.05) is 6.61 Å². The standard InChI is InChI=1S/C14H18N4O2S/c1-2-20-12(19)14(7-8-14)11-17-18-10(9-5-3-4-6-9)15-16-13(18)21-11/h9H,2-8H2,1H3. The molecule has 0 amide bonds. The van der Waals surface area contributed by atoms with Gasteiger partial charge in [0, 0.05) is 5.92 Å². The van der Waals surface area contributed by atoms with Gasteiger partial charge in [-0.2, -0.15) is 9.61 Å². The highest BCUT2D eigenvalue weighted by atomic mass is 32.1. The van der Waals surface area contributed by atoms with Gasteiger partial charge in [-0.3, -0.25) is 4.79 Å². The zero-order valence-corrected chi connectivity index (χ0v) is 12.9. The molecule has 2 saturated carbocycles. The second-order valence-electron chi connectivity index (χ2n) is 5.94. The quantitative estimate of drug-likeness (QED) is 0.811. The third-order valence-electron chi connectivity index (χ3n) is 4.56. The number of ether oxygens (including phenoxy) is 1. The van der Waals surface area contributed by atoms with E-state index in [1.54, 1.807) is 0 Å². The highest BCUT2D eigenvalue weighted by Crippen LogP contribution is 2.50. The summed E-state index contributed by atoms with van der Waals surface area (Å²) in [6.07, 6.45) is 6.49. The number of aromatic nitrogens is 4. The first kappa shape index (κ1) is 13.2. The average Bonchev–Trinajstić information content (AvgIpc) is 2.85. The van der Waals surface area contributed by atoms with Gasteiger partial charge in [0.25, 0.3) is 0 Å². The summed E-state index contributed by atoms with van der Waals surface area (Å²) in [5.41, 5.74) is -0.506. The predicted molar refractivity (Wildman–Crippen MR) is 77.4 cm³/mol. The smallest absolute Gasteiger partial charge is 0.319 e. The third-order valence-corrected chi connectivity index (χ3v) is 5.66. The second kappa shape index (κ2) is 4.76. The van der Waals surface area contributed by atoms with Crippen LogP contribution >= 0.6 is 11.3 Å². The summed E-state index contributed by atoms with van der Waals surface area (Å²) in [6, 6.07) is 0. The minimum atomic E-state index is -0.506. The number of nitrogens with zero attached hydrogens (tertiary/aromatic N) is 4. The van der Waals surface area contributed by atoms with Crippen molar-refractivity contribution in [2.45, 2.75) is 56.8 Å². The fourth-order valence-corrected chi connectivity index (χ4v) is 4.24. The monoisotopic (exact) mass is 306 g/mol. The van der Waals surface area contributed by atoms with E-state index in [0.717, 1.165) is 41.5 Å². The van der Waals surface area contributed by atoms with Crippen LogP contribution in [0.5, 0.6) is 0 Å². The highest BCUT2D eigenvalue weighted by molar-refractivity contribution is 7.17. The zero-order chi connectivity index (χ0) is 14.4.